The van der Waals surface area contributed by atoms with Crippen molar-refractivity contribution in [1.29, 1.82) is 0 Å². The number of ether oxygens (including phenoxy) is 2. The number of carbonyl (C=O) groups is 3. The minimum Gasteiger partial charge on any atom is -0.481 e. The predicted octanol–water partition coefficient (Wildman–Crippen LogP) is 4.97. The van der Waals surface area contributed by atoms with Crippen LogP contribution in [0.15, 0.2) is 66.9 Å². The molecule has 11 nitrogen and oxygen atoms in total. The molecule has 12 heteroatoms. The minimum atomic E-state index is -1.23. The highest BCUT2D eigenvalue weighted by Crippen LogP contribution is 2.28. The second-order valence-corrected chi connectivity index (χ2v) is 14.9. The molecule has 0 bridgehead atoms. The van der Waals surface area contributed by atoms with E-state index in [4.69, 9.17) is 9.47 Å². The first-order chi connectivity index (χ1) is 24.7. The van der Waals surface area contributed by atoms with Gasteiger partial charge in [-0.1, -0.05) is 70.5 Å². The molecule has 0 saturated heterocycles. The fraction of sp³-hybridized carbons (Fsp3) is 0.500. The van der Waals surface area contributed by atoms with Crippen molar-refractivity contribution in [2.45, 2.75) is 96.6 Å². The number of benzene rings is 2. The van der Waals surface area contributed by atoms with Crippen molar-refractivity contribution in [3.05, 3.63) is 83.8 Å². The molecule has 3 amide bonds. The van der Waals surface area contributed by atoms with Crippen molar-refractivity contribution < 1.29 is 38.5 Å². The zero-order chi connectivity index (χ0) is 38.0. The van der Waals surface area contributed by atoms with Gasteiger partial charge in [0.2, 0.25) is 17.7 Å². The Labute approximate surface area is 305 Å². The Bertz CT molecular complexity index is 1620. The first-order valence-electron chi connectivity index (χ1n) is 17.8. The van der Waals surface area contributed by atoms with Crippen molar-refractivity contribution in [1.82, 2.24) is 20.9 Å². The topological polar surface area (TPSA) is 159 Å². The molecular formula is C40H53FN4O7. The number of carbonyl (C=O) groups excluding carboxylic acids is 3. The number of methoxy groups -OCH3 is 2. The molecule has 1 fully saturated rings. The summed E-state index contributed by atoms with van der Waals surface area (Å²) in [5.74, 6) is -1.52. The van der Waals surface area contributed by atoms with Crippen LogP contribution in [0.4, 0.5) is 9.18 Å². The number of pyridine rings is 1. The molecule has 1 aromatic heterocycles. The molecule has 4 rings (SSSR count). The number of hydrogen-bond acceptors (Lipinski definition) is 8. The molecule has 52 heavy (non-hydrogen) atoms. The number of rotatable bonds is 14. The first-order valence-corrected chi connectivity index (χ1v) is 17.8. The van der Waals surface area contributed by atoms with E-state index in [9.17, 15) is 29.0 Å². The van der Waals surface area contributed by atoms with E-state index < -0.39 is 59.5 Å². The monoisotopic (exact) mass is 720 g/mol. The van der Waals surface area contributed by atoms with Gasteiger partial charge in [0.25, 0.3) is 0 Å². The van der Waals surface area contributed by atoms with E-state index in [0.717, 1.165) is 29.5 Å². The van der Waals surface area contributed by atoms with Crippen molar-refractivity contribution in [2.75, 3.05) is 14.2 Å². The highest BCUT2D eigenvalue weighted by atomic mass is 19.1. The molecule has 7 atom stereocenters. The number of alkyl carbamates (subject to hydrolysis) is 1. The second-order valence-electron chi connectivity index (χ2n) is 14.9. The van der Waals surface area contributed by atoms with E-state index in [1.807, 2.05) is 43.3 Å². The number of halogens is 1. The van der Waals surface area contributed by atoms with Crippen LogP contribution in [0.3, 0.4) is 0 Å². The molecular weight excluding hydrogens is 667 g/mol. The van der Waals surface area contributed by atoms with Crippen LogP contribution in [-0.4, -0.2) is 77.7 Å². The van der Waals surface area contributed by atoms with Gasteiger partial charge in [-0.25, -0.2) is 14.2 Å². The SMILES string of the molecule is COC(=O)N[C@H](C(=O)N[C@@H](Cc1ccc(-c2ccnc(OC)c2)cc1)[C@@H](O)C[C@@H](Cc1ccc(F)cc1)C(=O)N[C@H]1[C@H](C)CCC[C@H]1O)C(C)(C)C. The molecule has 0 spiro atoms. The molecule has 5 N–H and O–H groups in total. The number of aliphatic hydroxyl groups is 2. The number of nitrogens with one attached hydrogen (secondary N) is 3. The highest BCUT2D eigenvalue weighted by Gasteiger charge is 2.37. The van der Waals surface area contributed by atoms with Gasteiger partial charge >= 0.3 is 6.09 Å². The van der Waals surface area contributed by atoms with Crippen LogP contribution < -0.4 is 20.7 Å². The van der Waals surface area contributed by atoms with Crippen LogP contribution in [0.1, 0.15) is 64.5 Å². The van der Waals surface area contributed by atoms with Crippen LogP contribution in [0.2, 0.25) is 0 Å². The van der Waals surface area contributed by atoms with Crippen molar-refractivity contribution in [2.24, 2.45) is 17.3 Å². The normalized spacial score (nSPS) is 19.8. The molecule has 0 aliphatic heterocycles. The lowest BCUT2D eigenvalue weighted by Crippen LogP contribution is -2.58. The maximum atomic E-state index is 14.0. The molecule has 2 aromatic carbocycles. The number of aromatic nitrogens is 1. The summed E-state index contributed by atoms with van der Waals surface area (Å²) in [7, 11) is 2.76. The third-order valence-corrected chi connectivity index (χ3v) is 9.84. The smallest absolute Gasteiger partial charge is 0.407 e. The van der Waals surface area contributed by atoms with Crippen LogP contribution in [0, 0.1) is 23.1 Å². The van der Waals surface area contributed by atoms with Crippen molar-refractivity contribution in [3.8, 4) is 17.0 Å². The number of hydrogen-bond donors (Lipinski definition) is 5. The zero-order valence-electron chi connectivity index (χ0n) is 30.9. The third kappa shape index (κ3) is 11.2. The average molecular weight is 721 g/mol. The van der Waals surface area contributed by atoms with Gasteiger partial charge in [0.05, 0.1) is 38.5 Å². The van der Waals surface area contributed by atoms with E-state index in [0.29, 0.717) is 17.9 Å². The van der Waals surface area contributed by atoms with Gasteiger partial charge in [0, 0.05) is 18.2 Å². The second kappa shape index (κ2) is 18.3. The Morgan fingerprint density at radius 2 is 1.58 bits per heavy atom. The Balaban J connectivity index is 1.64. The zero-order valence-corrected chi connectivity index (χ0v) is 30.9. The molecule has 1 saturated carbocycles. The summed E-state index contributed by atoms with van der Waals surface area (Å²) in [6.07, 6.45) is 1.62. The van der Waals surface area contributed by atoms with E-state index >= 15 is 0 Å². The summed E-state index contributed by atoms with van der Waals surface area (Å²) in [5, 5.41) is 31.3. The van der Waals surface area contributed by atoms with Gasteiger partial charge in [-0.15, -0.1) is 0 Å². The Kier molecular flexibility index (Phi) is 14.1. The van der Waals surface area contributed by atoms with E-state index in [1.165, 1.54) is 19.2 Å². The maximum Gasteiger partial charge on any atom is 0.407 e. The number of nitrogens with zero attached hydrogens (tertiary/aromatic N) is 1. The predicted molar refractivity (Wildman–Crippen MR) is 196 cm³/mol. The average Bonchev–Trinajstić information content (AvgIpc) is 3.12. The standard InChI is InChI=1S/C40H53FN4O7/c1-24-8-7-9-32(46)35(24)44-37(48)29(20-25-12-16-30(41)17-13-25)22-33(47)31(43-38(49)36(40(2,3)4)45-39(50)52-6)21-26-10-14-27(15-11-26)28-18-19-42-34(23-28)51-5/h10-19,23-24,29,31-33,35-36,46-47H,7-9,20-22H2,1-6H3,(H,43,49)(H,44,48)(H,45,50)/t24-,29-,31+,32-,33+,35+,36-/m1/s1. The summed E-state index contributed by atoms with van der Waals surface area (Å²) in [6.45, 7) is 7.40. The van der Waals surface area contributed by atoms with Crippen LogP contribution in [0.25, 0.3) is 11.1 Å². The van der Waals surface area contributed by atoms with Gasteiger partial charge in [0.15, 0.2) is 0 Å². The summed E-state index contributed by atoms with van der Waals surface area (Å²) in [5.41, 5.74) is 2.60. The van der Waals surface area contributed by atoms with Crippen LogP contribution in [0.5, 0.6) is 5.88 Å². The van der Waals surface area contributed by atoms with Gasteiger partial charge in [0.1, 0.15) is 11.9 Å². The van der Waals surface area contributed by atoms with E-state index in [1.54, 1.807) is 46.2 Å². The Morgan fingerprint density at radius 3 is 2.19 bits per heavy atom. The lowest BCUT2D eigenvalue weighted by molar-refractivity contribution is -0.129. The molecule has 0 radical (unpaired) electrons. The highest BCUT2D eigenvalue weighted by molar-refractivity contribution is 5.86. The van der Waals surface area contributed by atoms with Crippen LogP contribution >= 0.6 is 0 Å². The van der Waals surface area contributed by atoms with Gasteiger partial charge in [-0.3, -0.25) is 9.59 Å². The van der Waals surface area contributed by atoms with E-state index in [-0.39, 0.29) is 31.1 Å². The Hall–Kier alpha value is -4.55. The lowest BCUT2D eigenvalue weighted by Gasteiger charge is -2.36. The van der Waals surface area contributed by atoms with Gasteiger partial charge in [-0.05, 0) is 83.9 Å². The summed E-state index contributed by atoms with van der Waals surface area (Å²) in [6, 6.07) is 14.9. The summed E-state index contributed by atoms with van der Waals surface area (Å²) in [4.78, 5) is 44.2. The molecule has 1 heterocycles. The maximum absolute atomic E-state index is 14.0. The molecule has 3 aromatic rings. The molecule has 1 aliphatic carbocycles. The molecule has 1 aliphatic rings. The number of aliphatic hydroxyl groups excluding tert-OH is 2. The minimum absolute atomic E-state index is 0.0507. The van der Waals surface area contributed by atoms with Crippen LogP contribution in [-0.2, 0) is 27.2 Å². The van der Waals surface area contributed by atoms with Crippen molar-refractivity contribution >= 4 is 17.9 Å². The first kappa shape index (κ1) is 40.2. The number of amides is 3. The summed E-state index contributed by atoms with van der Waals surface area (Å²) >= 11 is 0. The quantitative estimate of drug-likeness (QED) is 0.156. The molecule has 282 valence electrons. The lowest BCUT2D eigenvalue weighted by atomic mass is 9.82. The Morgan fingerprint density at radius 1 is 0.923 bits per heavy atom. The fourth-order valence-corrected chi connectivity index (χ4v) is 6.74. The third-order valence-electron chi connectivity index (χ3n) is 9.84. The summed E-state index contributed by atoms with van der Waals surface area (Å²) < 4.78 is 23.8. The largest absolute Gasteiger partial charge is 0.481 e. The van der Waals surface area contributed by atoms with Gasteiger partial charge in [-0.2, -0.15) is 0 Å². The van der Waals surface area contributed by atoms with E-state index in [2.05, 4.69) is 20.9 Å². The van der Waals surface area contributed by atoms with Crippen molar-refractivity contribution in [3.63, 3.8) is 0 Å². The van der Waals surface area contributed by atoms with Gasteiger partial charge < -0.3 is 35.6 Å². The fourth-order valence-electron chi connectivity index (χ4n) is 6.74. The molecule has 0 unspecified atom stereocenters.